The minimum atomic E-state index is -0.143. The van der Waals surface area contributed by atoms with E-state index in [2.05, 4.69) is 22.3 Å². The lowest BCUT2D eigenvalue weighted by Gasteiger charge is -2.28. The fourth-order valence-electron chi connectivity index (χ4n) is 2.84. The van der Waals surface area contributed by atoms with Gasteiger partial charge in [-0.05, 0) is 67.3 Å². The minimum absolute atomic E-state index is 0.143. The molecule has 0 aliphatic carbocycles. The third-order valence-corrected chi connectivity index (χ3v) is 4.41. The Labute approximate surface area is 147 Å². The van der Waals surface area contributed by atoms with Crippen molar-refractivity contribution in [1.82, 2.24) is 0 Å². The van der Waals surface area contributed by atoms with E-state index in [1.807, 2.05) is 24.3 Å². The number of halogens is 1. The summed E-state index contributed by atoms with van der Waals surface area (Å²) < 4.78 is 0. The number of carbonyl (C=O) groups excluding carboxylic acids is 1. The molecular formula is C20H21ClN2O. The van der Waals surface area contributed by atoms with Crippen LogP contribution in [0.15, 0.2) is 54.6 Å². The molecule has 0 aromatic heterocycles. The van der Waals surface area contributed by atoms with Crippen molar-refractivity contribution in [1.29, 1.82) is 0 Å². The summed E-state index contributed by atoms with van der Waals surface area (Å²) in [5.41, 5.74) is 2.97. The summed E-state index contributed by atoms with van der Waals surface area (Å²) in [7, 11) is 0. The highest BCUT2D eigenvalue weighted by Crippen LogP contribution is 2.21. The van der Waals surface area contributed by atoms with Crippen molar-refractivity contribution < 1.29 is 4.79 Å². The average Bonchev–Trinajstić information content (AvgIpc) is 2.63. The van der Waals surface area contributed by atoms with Crippen LogP contribution in [0.2, 0.25) is 5.02 Å². The van der Waals surface area contributed by atoms with Crippen LogP contribution in [0.25, 0.3) is 6.08 Å². The molecule has 1 aliphatic heterocycles. The van der Waals surface area contributed by atoms with Gasteiger partial charge < -0.3 is 10.2 Å². The molecule has 0 radical (unpaired) electrons. The number of hydrogen-bond acceptors (Lipinski definition) is 2. The Morgan fingerprint density at radius 1 is 0.958 bits per heavy atom. The molecular weight excluding hydrogens is 320 g/mol. The molecule has 0 spiro atoms. The number of carbonyl (C=O) groups is 1. The van der Waals surface area contributed by atoms with Crippen LogP contribution in [0.4, 0.5) is 11.4 Å². The van der Waals surface area contributed by atoms with Crippen LogP contribution >= 0.6 is 11.6 Å². The topological polar surface area (TPSA) is 32.3 Å². The van der Waals surface area contributed by atoms with Crippen LogP contribution < -0.4 is 10.2 Å². The maximum absolute atomic E-state index is 12.0. The Bertz CT molecular complexity index is 701. The molecule has 0 unspecified atom stereocenters. The maximum Gasteiger partial charge on any atom is 0.248 e. The molecule has 124 valence electrons. The Morgan fingerprint density at radius 3 is 2.29 bits per heavy atom. The van der Waals surface area contributed by atoms with Gasteiger partial charge in [-0.2, -0.15) is 0 Å². The van der Waals surface area contributed by atoms with Gasteiger partial charge in [0.25, 0.3) is 0 Å². The van der Waals surface area contributed by atoms with Crippen LogP contribution in [0.3, 0.4) is 0 Å². The zero-order chi connectivity index (χ0) is 16.8. The molecule has 1 heterocycles. The molecule has 2 aromatic carbocycles. The third kappa shape index (κ3) is 4.62. The zero-order valence-electron chi connectivity index (χ0n) is 13.5. The van der Waals surface area contributed by atoms with E-state index < -0.39 is 0 Å². The summed E-state index contributed by atoms with van der Waals surface area (Å²) in [5.74, 6) is -0.143. The molecule has 1 amide bonds. The fraction of sp³-hybridized carbons (Fsp3) is 0.250. The summed E-state index contributed by atoms with van der Waals surface area (Å²) in [6.45, 7) is 2.24. The number of hydrogen-bond donors (Lipinski definition) is 1. The first-order chi connectivity index (χ1) is 11.7. The lowest BCUT2D eigenvalue weighted by molar-refractivity contribution is -0.111. The Morgan fingerprint density at radius 2 is 1.62 bits per heavy atom. The summed E-state index contributed by atoms with van der Waals surface area (Å²) >= 11 is 5.84. The van der Waals surface area contributed by atoms with Crippen LogP contribution in [0, 0.1) is 0 Å². The number of amides is 1. The lowest BCUT2D eigenvalue weighted by Crippen LogP contribution is -2.29. The van der Waals surface area contributed by atoms with Gasteiger partial charge in [0, 0.05) is 35.6 Å². The lowest BCUT2D eigenvalue weighted by atomic mass is 10.1. The van der Waals surface area contributed by atoms with E-state index in [1.165, 1.54) is 31.0 Å². The van der Waals surface area contributed by atoms with Gasteiger partial charge in [0.15, 0.2) is 0 Å². The van der Waals surface area contributed by atoms with Crippen molar-refractivity contribution in [2.75, 3.05) is 23.3 Å². The Balaban J connectivity index is 1.57. The van der Waals surface area contributed by atoms with Gasteiger partial charge in [0.2, 0.25) is 5.91 Å². The number of nitrogens with zero attached hydrogens (tertiary/aromatic N) is 1. The first-order valence-electron chi connectivity index (χ1n) is 8.30. The SMILES string of the molecule is O=C(C=Cc1ccc(Cl)cc1)Nc1ccc(N2CCCCC2)cc1. The molecule has 0 atom stereocenters. The van der Waals surface area contributed by atoms with E-state index in [9.17, 15) is 4.79 Å². The number of anilines is 2. The second-order valence-electron chi connectivity index (χ2n) is 5.97. The Kier molecular flexibility index (Phi) is 5.55. The monoisotopic (exact) mass is 340 g/mol. The van der Waals surface area contributed by atoms with Gasteiger partial charge in [0.1, 0.15) is 0 Å². The van der Waals surface area contributed by atoms with Gasteiger partial charge in [0.05, 0.1) is 0 Å². The van der Waals surface area contributed by atoms with Gasteiger partial charge in [-0.25, -0.2) is 0 Å². The number of benzene rings is 2. The van der Waals surface area contributed by atoms with E-state index in [1.54, 1.807) is 18.2 Å². The number of nitrogens with one attached hydrogen (secondary N) is 1. The molecule has 1 fully saturated rings. The number of piperidine rings is 1. The summed E-state index contributed by atoms with van der Waals surface area (Å²) in [5, 5.41) is 3.57. The van der Waals surface area contributed by atoms with Crippen LogP contribution in [0.1, 0.15) is 24.8 Å². The van der Waals surface area contributed by atoms with Crippen LogP contribution in [0.5, 0.6) is 0 Å². The van der Waals surface area contributed by atoms with Gasteiger partial charge in [-0.1, -0.05) is 23.7 Å². The third-order valence-electron chi connectivity index (χ3n) is 4.15. The van der Waals surface area contributed by atoms with E-state index in [0.29, 0.717) is 5.02 Å². The highest BCUT2D eigenvalue weighted by atomic mass is 35.5. The summed E-state index contributed by atoms with van der Waals surface area (Å²) in [6, 6.07) is 15.4. The quantitative estimate of drug-likeness (QED) is 0.796. The van der Waals surface area contributed by atoms with Gasteiger partial charge in [-0.3, -0.25) is 4.79 Å². The van der Waals surface area contributed by atoms with Crippen molar-refractivity contribution in [3.05, 3.63) is 65.2 Å². The molecule has 3 rings (SSSR count). The summed E-state index contributed by atoms with van der Waals surface area (Å²) in [6.07, 6.45) is 7.14. The molecule has 3 nitrogen and oxygen atoms in total. The highest BCUT2D eigenvalue weighted by molar-refractivity contribution is 6.30. The largest absolute Gasteiger partial charge is 0.372 e. The smallest absolute Gasteiger partial charge is 0.248 e. The van der Waals surface area contributed by atoms with Crippen LogP contribution in [-0.4, -0.2) is 19.0 Å². The van der Waals surface area contributed by atoms with Crippen molar-refractivity contribution in [3.63, 3.8) is 0 Å². The zero-order valence-corrected chi connectivity index (χ0v) is 14.3. The maximum atomic E-state index is 12.0. The molecule has 4 heteroatoms. The van der Waals surface area contributed by atoms with Gasteiger partial charge in [-0.15, -0.1) is 0 Å². The first-order valence-corrected chi connectivity index (χ1v) is 8.68. The predicted octanol–water partition coefficient (Wildman–Crippen LogP) is 4.98. The van der Waals surface area contributed by atoms with E-state index >= 15 is 0 Å². The second kappa shape index (κ2) is 8.02. The highest BCUT2D eigenvalue weighted by Gasteiger charge is 2.10. The minimum Gasteiger partial charge on any atom is -0.372 e. The Hall–Kier alpha value is -2.26. The summed E-state index contributed by atoms with van der Waals surface area (Å²) in [4.78, 5) is 14.4. The molecule has 1 saturated heterocycles. The van der Waals surface area contributed by atoms with Gasteiger partial charge >= 0.3 is 0 Å². The molecule has 0 saturated carbocycles. The predicted molar refractivity (Wildman–Crippen MR) is 102 cm³/mol. The number of rotatable bonds is 4. The molecule has 24 heavy (non-hydrogen) atoms. The normalized spacial score (nSPS) is 14.8. The van der Waals surface area contributed by atoms with Crippen molar-refractivity contribution in [2.24, 2.45) is 0 Å². The van der Waals surface area contributed by atoms with Crippen LogP contribution in [-0.2, 0) is 4.79 Å². The van der Waals surface area contributed by atoms with Crippen molar-refractivity contribution in [2.45, 2.75) is 19.3 Å². The van der Waals surface area contributed by atoms with E-state index in [4.69, 9.17) is 11.6 Å². The molecule has 2 aromatic rings. The van der Waals surface area contributed by atoms with E-state index in [0.717, 1.165) is 24.3 Å². The standard InChI is InChI=1S/C20H21ClN2O/c21-17-7-4-16(5-8-17)6-13-20(24)22-18-9-11-19(12-10-18)23-14-2-1-3-15-23/h4-13H,1-3,14-15H2,(H,22,24). The van der Waals surface area contributed by atoms with Crippen molar-refractivity contribution in [3.8, 4) is 0 Å². The van der Waals surface area contributed by atoms with E-state index in [-0.39, 0.29) is 5.91 Å². The fourth-order valence-corrected chi connectivity index (χ4v) is 2.96. The molecule has 1 aliphatic rings. The molecule has 0 bridgehead atoms. The second-order valence-corrected chi connectivity index (χ2v) is 6.41. The average molecular weight is 341 g/mol. The molecule has 1 N–H and O–H groups in total. The van der Waals surface area contributed by atoms with Crippen molar-refractivity contribution >= 4 is 35.0 Å². The first kappa shape index (κ1) is 16.6.